The molecule has 2 aromatic heterocycles. The van der Waals surface area contributed by atoms with Gasteiger partial charge in [0.15, 0.2) is 0 Å². The highest BCUT2D eigenvalue weighted by atomic mass is 16.5. The van der Waals surface area contributed by atoms with Crippen LogP contribution in [0.25, 0.3) is 11.3 Å². The van der Waals surface area contributed by atoms with Crippen LogP contribution in [0.4, 0.5) is 0 Å². The molecule has 0 aliphatic carbocycles. The van der Waals surface area contributed by atoms with Gasteiger partial charge in [-0.3, -0.25) is 9.78 Å². The Bertz CT molecular complexity index is 945. The Hall–Kier alpha value is -2.99. The average Bonchev–Trinajstić information content (AvgIpc) is 3.22. The number of rotatable bonds is 6. The van der Waals surface area contributed by atoms with Gasteiger partial charge in [-0.1, -0.05) is 41.1 Å². The van der Waals surface area contributed by atoms with Crippen LogP contribution in [0.3, 0.4) is 0 Å². The second kappa shape index (κ2) is 8.57. The molecular weight excluding hydrogens is 366 g/mol. The maximum atomic E-state index is 13.2. The summed E-state index contributed by atoms with van der Waals surface area (Å²) in [7, 11) is 0. The van der Waals surface area contributed by atoms with Crippen molar-refractivity contribution in [3.63, 3.8) is 0 Å². The minimum Gasteiger partial charge on any atom is -0.381 e. The van der Waals surface area contributed by atoms with Crippen molar-refractivity contribution < 1.29 is 14.1 Å². The van der Waals surface area contributed by atoms with E-state index in [0.717, 1.165) is 22.6 Å². The number of aromatic nitrogens is 2. The van der Waals surface area contributed by atoms with Gasteiger partial charge in [-0.25, -0.2) is 0 Å². The van der Waals surface area contributed by atoms with Crippen molar-refractivity contribution in [1.29, 1.82) is 0 Å². The van der Waals surface area contributed by atoms with Crippen LogP contribution < -0.4 is 5.32 Å². The van der Waals surface area contributed by atoms with Gasteiger partial charge >= 0.3 is 0 Å². The number of pyridine rings is 1. The Morgan fingerprint density at radius 1 is 1.17 bits per heavy atom. The van der Waals surface area contributed by atoms with Crippen molar-refractivity contribution in [2.75, 3.05) is 13.2 Å². The first-order valence-electron chi connectivity index (χ1n) is 9.92. The zero-order chi connectivity index (χ0) is 20.1. The summed E-state index contributed by atoms with van der Waals surface area (Å²) < 4.78 is 11.1. The molecule has 1 amide bonds. The molecule has 1 aliphatic heterocycles. The summed E-state index contributed by atoms with van der Waals surface area (Å²) in [4.78, 5) is 17.3. The third-order valence-corrected chi connectivity index (χ3v) is 5.53. The summed E-state index contributed by atoms with van der Waals surface area (Å²) in [5, 5.41) is 7.30. The van der Waals surface area contributed by atoms with Crippen molar-refractivity contribution in [2.45, 2.75) is 32.7 Å². The lowest BCUT2D eigenvalue weighted by molar-refractivity contribution is -0.137. The Morgan fingerprint density at radius 3 is 2.69 bits per heavy atom. The van der Waals surface area contributed by atoms with Gasteiger partial charge in [0, 0.05) is 50.2 Å². The molecule has 1 fully saturated rings. The molecule has 6 nitrogen and oxygen atoms in total. The predicted octanol–water partition coefficient (Wildman–Crippen LogP) is 3.70. The Labute approximate surface area is 170 Å². The molecule has 0 unspecified atom stereocenters. The zero-order valence-electron chi connectivity index (χ0n) is 16.6. The normalized spacial score (nSPS) is 15.8. The van der Waals surface area contributed by atoms with E-state index >= 15 is 0 Å². The van der Waals surface area contributed by atoms with Crippen LogP contribution in [0.1, 0.15) is 29.7 Å². The number of carbonyl (C=O) groups excluding carboxylic acids is 1. The van der Waals surface area contributed by atoms with E-state index in [9.17, 15) is 4.79 Å². The van der Waals surface area contributed by atoms with E-state index in [4.69, 9.17) is 9.26 Å². The van der Waals surface area contributed by atoms with Gasteiger partial charge in [0.1, 0.15) is 11.5 Å². The van der Waals surface area contributed by atoms with Crippen LogP contribution in [-0.2, 0) is 22.5 Å². The van der Waals surface area contributed by atoms with Crippen LogP contribution in [0.5, 0.6) is 0 Å². The lowest BCUT2D eigenvalue weighted by Gasteiger charge is -2.35. The van der Waals surface area contributed by atoms with Gasteiger partial charge in [0.2, 0.25) is 5.91 Å². The van der Waals surface area contributed by atoms with E-state index in [0.29, 0.717) is 39.0 Å². The summed E-state index contributed by atoms with van der Waals surface area (Å²) >= 11 is 0. The molecule has 3 aromatic rings. The van der Waals surface area contributed by atoms with Crippen molar-refractivity contribution in [3.05, 3.63) is 71.7 Å². The third kappa shape index (κ3) is 4.54. The molecule has 6 heteroatoms. The fourth-order valence-electron chi connectivity index (χ4n) is 3.71. The largest absolute Gasteiger partial charge is 0.381 e. The summed E-state index contributed by atoms with van der Waals surface area (Å²) in [6.07, 6.45) is 5.31. The number of amides is 1. The van der Waals surface area contributed by atoms with Crippen molar-refractivity contribution in [1.82, 2.24) is 15.5 Å². The van der Waals surface area contributed by atoms with Crippen molar-refractivity contribution >= 4 is 5.91 Å². The maximum Gasteiger partial charge on any atom is 0.227 e. The van der Waals surface area contributed by atoms with E-state index in [2.05, 4.69) is 34.5 Å². The summed E-state index contributed by atoms with van der Waals surface area (Å²) in [6.45, 7) is 3.65. The Kier molecular flexibility index (Phi) is 5.71. The van der Waals surface area contributed by atoms with Crippen LogP contribution in [0.15, 0.2) is 59.4 Å². The molecule has 150 valence electrons. The van der Waals surface area contributed by atoms with E-state index < -0.39 is 5.41 Å². The molecule has 0 atom stereocenters. The molecule has 1 saturated heterocycles. The molecular formula is C23H25N3O3. The third-order valence-electron chi connectivity index (χ3n) is 5.53. The van der Waals surface area contributed by atoms with Gasteiger partial charge in [0.25, 0.3) is 0 Å². The number of ether oxygens (including phenoxy) is 1. The highest BCUT2D eigenvalue weighted by Gasteiger charge is 2.41. The Balaban J connectivity index is 1.49. The fourth-order valence-corrected chi connectivity index (χ4v) is 3.71. The first-order chi connectivity index (χ1) is 14.1. The molecule has 1 N–H and O–H groups in total. The number of carbonyl (C=O) groups is 1. The number of hydrogen-bond donors (Lipinski definition) is 1. The first-order valence-corrected chi connectivity index (χ1v) is 9.92. The average molecular weight is 391 g/mol. The van der Waals surface area contributed by atoms with Gasteiger partial charge in [0.05, 0.1) is 5.41 Å². The molecule has 1 aliphatic rings. The minimum absolute atomic E-state index is 0.0259. The Morgan fingerprint density at radius 2 is 1.97 bits per heavy atom. The lowest BCUT2D eigenvalue weighted by atomic mass is 9.75. The molecule has 0 saturated carbocycles. The van der Waals surface area contributed by atoms with Gasteiger partial charge < -0.3 is 14.6 Å². The summed E-state index contributed by atoms with van der Waals surface area (Å²) in [5.74, 6) is 0.747. The number of benzene rings is 1. The summed E-state index contributed by atoms with van der Waals surface area (Å²) in [5.41, 5.74) is 3.42. The van der Waals surface area contributed by atoms with Crippen LogP contribution >= 0.6 is 0 Å². The summed E-state index contributed by atoms with van der Waals surface area (Å²) in [6, 6.07) is 13.9. The predicted molar refractivity (Wildman–Crippen MR) is 109 cm³/mol. The van der Waals surface area contributed by atoms with E-state index in [1.165, 1.54) is 5.56 Å². The second-order valence-corrected chi connectivity index (χ2v) is 7.66. The zero-order valence-corrected chi connectivity index (χ0v) is 16.6. The van der Waals surface area contributed by atoms with E-state index in [1.54, 1.807) is 12.4 Å². The standard InChI is InChI=1S/C23H25N3O3/c1-17-4-6-19(7-5-17)21-13-20(29-26-21)14-23(8-11-28-12-9-23)22(27)25-16-18-3-2-10-24-15-18/h2-7,10,13,15H,8-9,11-12,14,16H2,1H3,(H,25,27). The molecule has 1 aromatic carbocycles. The first kappa shape index (κ1) is 19.3. The molecule has 0 spiro atoms. The van der Waals surface area contributed by atoms with Crippen LogP contribution in [0, 0.1) is 12.3 Å². The van der Waals surface area contributed by atoms with E-state index in [1.807, 2.05) is 30.3 Å². The molecule has 0 bridgehead atoms. The van der Waals surface area contributed by atoms with Crippen LogP contribution in [0.2, 0.25) is 0 Å². The molecule has 4 rings (SSSR count). The van der Waals surface area contributed by atoms with Crippen molar-refractivity contribution in [2.24, 2.45) is 5.41 Å². The molecule has 3 heterocycles. The van der Waals surface area contributed by atoms with Crippen LogP contribution in [-0.4, -0.2) is 29.3 Å². The maximum absolute atomic E-state index is 13.2. The van der Waals surface area contributed by atoms with Gasteiger partial charge in [-0.15, -0.1) is 0 Å². The second-order valence-electron chi connectivity index (χ2n) is 7.66. The lowest BCUT2D eigenvalue weighted by Crippen LogP contribution is -2.45. The number of aryl methyl sites for hydroxylation is 1. The highest BCUT2D eigenvalue weighted by molar-refractivity contribution is 5.83. The number of nitrogens with one attached hydrogen (secondary N) is 1. The fraction of sp³-hybridized carbons (Fsp3) is 0.348. The molecule has 0 radical (unpaired) electrons. The monoisotopic (exact) mass is 391 g/mol. The number of hydrogen-bond acceptors (Lipinski definition) is 5. The van der Waals surface area contributed by atoms with Gasteiger partial charge in [-0.05, 0) is 31.4 Å². The highest BCUT2D eigenvalue weighted by Crippen LogP contribution is 2.36. The number of nitrogens with zero attached hydrogens (tertiary/aromatic N) is 2. The quantitative estimate of drug-likeness (QED) is 0.693. The van der Waals surface area contributed by atoms with Gasteiger partial charge in [-0.2, -0.15) is 0 Å². The SMILES string of the molecule is Cc1ccc(-c2cc(CC3(C(=O)NCc4cccnc4)CCOCC3)on2)cc1. The molecule has 29 heavy (non-hydrogen) atoms. The minimum atomic E-state index is -0.551. The topological polar surface area (TPSA) is 77.2 Å². The smallest absolute Gasteiger partial charge is 0.227 e. The van der Waals surface area contributed by atoms with Crippen molar-refractivity contribution in [3.8, 4) is 11.3 Å². The van der Waals surface area contributed by atoms with E-state index in [-0.39, 0.29) is 5.91 Å².